The van der Waals surface area contributed by atoms with Gasteiger partial charge in [-0.25, -0.2) is 0 Å². The fourth-order valence-electron chi connectivity index (χ4n) is 4.98. The molecule has 8 heteroatoms. The highest BCUT2D eigenvalue weighted by molar-refractivity contribution is 6.74. The molecule has 1 unspecified atom stereocenters. The number of methoxy groups -OCH3 is 2. The number of hydrogen-bond acceptors (Lipinski definition) is 6. The summed E-state index contributed by atoms with van der Waals surface area (Å²) in [6.07, 6.45) is 1.90. The highest BCUT2D eigenvalue weighted by Crippen LogP contribution is 2.42. The molecule has 0 aliphatic carbocycles. The van der Waals surface area contributed by atoms with E-state index in [1.165, 1.54) is 5.56 Å². The van der Waals surface area contributed by atoms with Crippen LogP contribution in [0.1, 0.15) is 73.3 Å². The number of ether oxygens (including phenoxy) is 4. The van der Waals surface area contributed by atoms with Crippen LogP contribution in [0.2, 0.25) is 36.3 Å². The first-order valence-corrected chi connectivity index (χ1v) is 21.4. The molecular formula is C33H62O6Si2. The summed E-state index contributed by atoms with van der Waals surface area (Å²) in [6.45, 7) is 27.2. The van der Waals surface area contributed by atoms with Gasteiger partial charge in [0.2, 0.25) is 0 Å². The molecule has 1 fully saturated rings. The van der Waals surface area contributed by atoms with Gasteiger partial charge in [-0.1, -0.05) is 78.8 Å². The van der Waals surface area contributed by atoms with E-state index in [1.807, 2.05) is 6.07 Å². The maximum Gasteiger partial charge on any atom is 0.192 e. The van der Waals surface area contributed by atoms with Crippen LogP contribution in [-0.4, -0.2) is 68.7 Å². The van der Waals surface area contributed by atoms with Gasteiger partial charge in [0.05, 0.1) is 18.8 Å². The molecule has 1 aromatic carbocycles. The Morgan fingerprint density at radius 3 is 2.07 bits per heavy atom. The lowest BCUT2D eigenvalue weighted by Gasteiger charge is -2.43. The van der Waals surface area contributed by atoms with Gasteiger partial charge >= 0.3 is 0 Å². The third kappa shape index (κ3) is 10.8. The molecule has 2 rings (SSSR count). The summed E-state index contributed by atoms with van der Waals surface area (Å²) in [5, 5.41) is 0.243. The Kier molecular flexibility index (Phi) is 13.8. The van der Waals surface area contributed by atoms with Gasteiger partial charge in [-0.2, -0.15) is 0 Å². The first-order chi connectivity index (χ1) is 18.9. The third-order valence-corrected chi connectivity index (χ3v) is 18.7. The number of rotatable bonds is 16. The van der Waals surface area contributed by atoms with Crippen molar-refractivity contribution in [2.24, 2.45) is 11.8 Å². The Bertz CT molecular complexity index is 880. The quantitative estimate of drug-likeness (QED) is 0.175. The van der Waals surface area contributed by atoms with Crippen molar-refractivity contribution in [3.63, 3.8) is 0 Å². The maximum atomic E-state index is 7.11. The van der Waals surface area contributed by atoms with E-state index in [2.05, 4.69) is 98.9 Å². The summed E-state index contributed by atoms with van der Waals surface area (Å²) in [5.74, 6) is 0.664. The van der Waals surface area contributed by atoms with Gasteiger partial charge in [0.1, 0.15) is 6.10 Å². The summed E-state index contributed by atoms with van der Waals surface area (Å²) >= 11 is 0. The first-order valence-electron chi connectivity index (χ1n) is 15.6. The van der Waals surface area contributed by atoms with Crippen molar-refractivity contribution in [3.05, 3.63) is 35.9 Å². The van der Waals surface area contributed by atoms with Crippen LogP contribution in [0.15, 0.2) is 30.3 Å². The molecule has 1 aromatic rings. The maximum absolute atomic E-state index is 7.11. The summed E-state index contributed by atoms with van der Waals surface area (Å²) in [7, 11) is -0.443. The fourth-order valence-corrected chi connectivity index (χ4v) is 7.40. The normalized spacial score (nSPS) is 23.0. The SMILES string of the molecule is COC1C[C@@H](C[C@@H](C)COCc2ccccc2)[C@@H]([C@@H](OC)[C@@H](CCO[Si](C)(C)C(C)(C)C)O[Si](C)(C)C(C)(C)C)O1. The zero-order chi connectivity index (χ0) is 31.1. The molecule has 0 N–H and O–H groups in total. The molecule has 6 atom stereocenters. The zero-order valence-electron chi connectivity index (χ0n) is 28.5. The topological polar surface area (TPSA) is 55.4 Å². The lowest BCUT2D eigenvalue weighted by Crippen LogP contribution is -2.52. The Balaban J connectivity index is 2.19. The molecule has 0 amide bonds. The number of hydrogen-bond donors (Lipinski definition) is 0. The van der Waals surface area contributed by atoms with Crippen LogP contribution < -0.4 is 0 Å². The lowest BCUT2D eigenvalue weighted by atomic mass is 9.86. The van der Waals surface area contributed by atoms with E-state index >= 15 is 0 Å². The van der Waals surface area contributed by atoms with Crippen LogP contribution in [0.5, 0.6) is 0 Å². The van der Waals surface area contributed by atoms with Gasteiger partial charge in [-0.15, -0.1) is 0 Å². The summed E-state index contributed by atoms with van der Waals surface area (Å²) in [4.78, 5) is 0. The van der Waals surface area contributed by atoms with Gasteiger partial charge in [0, 0.05) is 33.9 Å². The molecular weight excluding hydrogens is 549 g/mol. The highest BCUT2D eigenvalue weighted by Gasteiger charge is 2.47. The minimum atomic E-state index is -2.09. The molecule has 0 bridgehead atoms. The monoisotopic (exact) mass is 610 g/mol. The lowest BCUT2D eigenvalue weighted by molar-refractivity contribution is -0.165. The molecule has 41 heavy (non-hydrogen) atoms. The second kappa shape index (κ2) is 15.4. The predicted molar refractivity (Wildman–Crippen MR) is 174 cm³/mol. The second-order valence-corrected chi connectivity index (χ2v) is 24.7. The smallest absolute Gasteiger partial charge is 0.192 e. The van der Waals surface area contributed by atoms with Crippen molar-refractivity contribution in [2.45, 2.75) is 135 Å². The average molecular weight is 611 g/mol. The molecule has 238 valence electrons. The molecule has 0 saturated carbocycles. The number of benzene rings is 1. The molecule has 0 radical (unpaired) electrons. The second-order valence-electron chi connectivity index (χ2n) is 15.1. The average Bonchev–Trinajstić information content (AvgIpc) is 3.25. The van der Waals surface area contributed by atoms with E-state index in [1.54, 1.807) is 14.2 Å². The van der Waals surface area contributed by atoms with Crippen LogP contribution in [-0.2, 0) is 34.4 Å². The van der Waals surface area contributed by atoms with E-state index < -0.39 is 16.6 Å². The van der Waals surface area contributed by atoms with Crippen LogP contribution in [0.4, 0.5) is 0 Å². The standard InChI is InChI=1S/C33H62O6Si2/c1-25(23-36-24-26-17-15-14-16-18-26)21-27-22-29(34-8)38-30(27)31(35-9)28(39-41(12,13)33(5,6)7)19-20-37-40(10,11)32(2,3)4/h14-18,25,27-31H,19-24H2,1-13H3/t25-,27-,28-,29?,30+,31+/m1/s1. The van der Waals surface area contributed by atoms with Crippen molar-refractivity contribution in [2.75, 3.05) is 27.4 Å². The molecule has 1 aliphatic rings. The molecule has 0 aromatic heterocycles. The highest BCUT2D eigenvalue weighted by atomic mass is 28.4. The van der Waals surface area contributed by atoms with Crippen molar-refractivity contribution >= 4 is 16.6 Å². The van der Waals surface area contributed by atoms with E-state index in [9.17, 15) is 0 Å². The molecule has 1 saturated heterocycles. The van der Waals surface area contributed by atoms with Crippen molar-refractivity contribution in [1.82, 2.24) is 0 Å². The Morgan fingerprint density at radius 1 is 0.927 bits per heavy atom. The Labute approximate surface area is 254 Å². The Hall–Kier alpha value is -0.586. The van der Waals surface area contributed by atoms with E-state index in [0.29, 0.717) is 25.7 Å². The van der Waals surface area contributed by atoms with Gasteiger partial charge in [0.15, 0.2) is 22.9 Å². The molecule has 0 spiro atoms. The van der Waals surface area contributed by atoms with Crippen molar-refractivity contribution in [1.29, 1.82) is 0 Å². The van der Waals surface area contributed by atoms with Gasteiger partial charge in [0.25, 0.3) is 0 Å². The van der Waals surface area contributed by atoms with Gasteiger partial charge in [-0.3, -0.25) is 0 Å². The van der Waals surface area contributed by atoms with Gasteiger partial charge in [-0.05, 0) is 66.5 Å². The van der Waals surface area contributed by atoms with Crippen molar-refractivity contribution in [3.8, 4) is 0 Å². The zero-order valence-corrected chi connectivity index (χ0v) is 30.5. The van der Waals surface area contributed by atoms with Crippen LogP contribution >= 0.6 is 0 Å². The van der Waals surface area contributed by atoms with E-state index in [0.717, 1.165) is 19.3 Å². The van der Waals surface area contributed by atoms with E-state index in [4.69, 9.17) is 27.8 Å². The Morgan fingerprint density at radius 2 is 1.54 bits per heavy atom. The summed E-state index contributed by atoms with van der Waals surface area (Å²) in [6, 6.07) is 10.4. The first kappa shape index (κ1) is 36.6. The van der Waals surface area contributed by atoms with Crippen molar-refractivity contribution < 1.29 is 27.8 Å². The third-order valence-electron chi connectivity index (χ3n) is 9.64. The van der Waals surface area contributed by atoms with Crippen LogP contribution in [0.3, 0.4) is 0 Å². The van der Waals surface area contributed by atoms with Crippen LogP contribution in [0, 0.1) is 11.8 Å². The minimum Gasteiger partial charge on any atom is -0.417 e. The largest absolute Gasteiger partial charge is 0.417 e. The predicted octanol–water partition coefficient (Wildman–Crippen LogP) is 8.42. The van der Waals surface area contributed by atoms with Gasteiger partial charge < -0.3 is 27.8 Å². The molecule has 1 heterocycles. The summed E-state index contributed by atoms with van der Waals surface area (Å²) in [5.41, 5.74) is 1.20. The molecule has 6 nitrogen and oxygen atoms in total. The molecule has 1 aliphatic heterocycles. The van der Waals surface area contributed by atoms with Crippen LogP contribution in [0.25, 0.3) is 0 Å². The van der Waals surface area contributed by atoms with E-state index in [-0.39, 0.29) is 40.6 Å². The summed E-state index contributed by atoms with van der Waals surface area (Å²) < 4.78 is 38.4. The minimum absolute atomic E-state index is 0.0828. The fraction of sp³-hybridized carbons (Fsp3) is 0.818.